The summed E-state index contributed by atoms with van der Waals surface area (Å²) < 4.78 is 0. The van der Waals surface area contributed by atoms with Crippen LogP contribution in [0.15, 0.2) is 34.7 Å². The number of rotatable bonds is 4. The molecular formula is C16H18ClN3OS2. The van der Waals surface area contributed by atoms with Crippen molar-refractivity contribution in [1.29, 1.82) is 0 Å². The van der Waals surface area contributed by atoms with Crippen LogP contribution in [0.4, 0.5) is 5.82 Å². The molecule has 1 saturated heterocycles. The van der Waals surface area contributed by atoms with Crippen molar-refractivity contribution in [1.82, 2.24) is 9.88 Å². The first kappa shape index (κ1) is 16.8. The molecule has 0 saturated carbocycles. The van der Waals surface area contributed by atoms with Crippen molar-refractivity contribution >= 4 is 46.4 Å². The SMILES string of the molecule is CN1CCC(Sc2cccc(NC(=O)c3sccc3Cl)n2)CC1. The quantitative estimate of drug-likeness (QED) is 0.878. The Labute approximate surface area is 149 Å². The maximum Gasteiger partial charge on any atom is 0.268 e. The largest absolute Gasteiger partial charge is 0.306 e. The number of pyridine rings is 1. The number of carbonyl (C=O) groups excluding carboxylic acids is 1. The number of likely N-dealkylation sites (tertiary alicyclic amines) is 1. The summed E-state index contributed by atoms with van der Waals surface area (Å²) in [4.78, 5) is 19.6. The highest BCUT2D eigenvalue weighted by Crippen LogP contribution is 2.29. The number of thiophene rings is 1. The normalized spacial score (nSPS) is 16.4. The summed E-state index contributed by atoms with van der Waals surface area (Å²) in [6, 6.07) is 7.45. The minimum atomic E-state index is -0.209. The number of anilines is 1. The van der Waals surface area contributed by atoms with Gasteiger partial charge in [-0.1, -0.05) is 17.7 Å². The van der Waals surface area contributed by atoms with Crippen LogP contribution in [-0.2, 0) is 0 Å². The molecule has 1 aliphatic heterocycles. The fourth-order valence-corrected chi connectivity index (χ4v) is 4.58. The monoisotopic (exact) mass is 367 g/mol. The van der Waals surface area contributed by atoms with Crippen molar-refractivity contribution in [3.8, 4) is 0 Å². The summed E-state index contributed by atoms with van der Waals surface area (Å²) in [5, 5.41) is 6.65. The number of nitrogens with one attached hydrogen (secondary N) is 1. The minimum absolute atomic E-state index is 0.209. The number of halogens is 1. The van der Waals surface area contributed by atoms with Gasteiger partial charge >= 0.3 is 0 Å². The van der Waals surface area contributed by atoms with Gasteiger partial charge < -0.3 is 10.2 Å². The van der Waals surface area contributed by atoms with Crippen LogP contribution in [0.1, 0.15) is 22.5 Å². The van der Waals surface area contributed by atoms with E-state index >= 15 is 0 Å². The highest BCUT2D eigenvalue weighted by molar-refractivity contribution is 7.99. The first-order valence-electron chi connectivity index (χ1n) is 7.48. The van der Waals surface area contributed by atoms with Gasteiger partial charge in [-0.15, -0.1) is 23.1 Å². The number of thioether (sulfide) groups is 1. The summed E-state index contributed by atoms with van der Waals surface area (Å²) in [5.41, 5.74) is 0. The molecule has 0 bridgehead atoms. The van der Waals surface area contributed by atoms with Crippen LogP contribution >= 0.6 is 34.7 Å². The second-order valence-corrected chi connectivity index (χ2v) is 8.18. The molecule has 3 rings (SSSR count). The summed E-state index contributed by atoms with van der Waals surface area (Å²) in [5.74, 6) is 0.358. The highest BCUT2D eigenvalue weighted by Gasteiger charge is 2.18. The average molecular weight is 368 g/mol. The van der Waals surface area contributed by atoms with E-state index < -0.39 is 0 Å². The van der Waals surface area contributed by atoms with E-state index in [1.54, 1.807) is 29.3 Å². The van der Waals surface area contributed by atoms with Gasteiger partial charge in [-0.05, 0) is 56.6 Å². The average Bonchev–Trinajstić information content (AvgIpc) is 2.96. The molecule has 1 N–H and O–H groups in total. The molecule has 122 valence electrons. The molecule has 0 aliphatic carbocycles. The molecule has 0 atom stereocenters. The van der Waals surface area contributed by atoms with E-state index in [0.717, 1.165) is 18.1 Å². The third-order valence-electron chi connectivity index (χ3n) is 3.74. The Morgan fingerprint density at radius 1 is 1.39 bits per heavy atom. The Balaban J connectivity index is 1.63. The molecule has 0 radical (unpaired) electrons. The third kappa shape index (κ3) is 4.47. The Morgan fingerprint density at radius 2 is 2.17 bits per heavy atom. The number of nitrogens with zero attached hydrogens (tertiary/aromatic N) is 2. The van der Waals surface area contributed by atoms with Crippen molar-refractivity contribution in [3.05, 3.63) is 39.5 Å². The molecule has 2 aromatic heterocycles. The molecule has 3 heterocycles. The lowest BCUT2D eigenvalue weighted by Gasteiger charge is -2.28. The zero-order chi connectivity index (χ0) is 16.2. The Morgan fingerprint density at radius 3 is 2.87 bits per heavy atom. The molecule has 4 nitrogen and oxygen atoms in total. The predicted molar refractivity (Wildman–Crippen MR) is 97.9 cm³/mol. The Kier molecular flexibility index (Phi) is 5.58. The van der Waals surface area contributed by atoms with E-state index in [1.165, 1.54) is 24.2 Å². The lowest BCUT2D eigenvalue weighted by molar-refractivity contribution is 0.103. The van der Waals surface area contributed by atoms with Crippen LogP contribution in [0.5, 0.6) is 0 Å². The van der Waals surface area contributed by atoms with E-state index in [-0.39, 0.29) is 5.91 Å². The fourth-order valence-electron chi connectivity index (χ4n) is 2.45. The van der Waals surface area contributed by atoms with Gasteiger partial charge in [0.15, 0.2) is 0 Å². The van der Waals surface area contributed by atoms with E-state index in [9.17, 15) is 4.79 Å². The highest BCUT2D eigenvalue weighted by atomic mass is 35.5. The number of aromatic nitrogens is 1. The van der Waals surface area contributed by atoms with Crippen LogP contribution in [0.2, 0.25) is 5.02 Å². The molecule has 0 spiro atoms. The summed E-state index contributed by atoms with van der Waals surface area (Å²) in [6.07, 6.45) is 2.34. The number of amides is 1. The van der Waals surface area contributed by atoms with Gasteiger partial charge in [0.2, 0.25) is 0 Å². The van der Waals surface area contributed by atoms with Crippen LogP contribution < -0.4 is 5.32 Å². The van der Waals surface area contributed by atoms with Crippen LogP contribution in [0, 0.1) is 0 Å². The summed E-state index contributed by atoms with van der Waals surface area (Å²) in [7, 11) is 2.16. The third-order valence-corrected chi connectivity index (χ3v) is 6.36. The van der Waals surface area contributed by atoms with Crippen molar-refractivity contribution < 1.29 is 4.79 Å². The number of carbonyl (C=O) groups is 1. The predicted octanol–water partition coefficient (Wildman–Crippen LogP) is 4.24. The van der Waals surface area contributed by atoms with Gasteiger partial charge in [0, 0.05) is 5.25 Å². The summed E-state index contributed by atoms with van der Waals surface area (Å²) >= 11 is 9.12. The van der Waals surface area contributed by atoms with E-state index in [0.29, 0.717) is 21.0 Å². The lowest BCUT2D eigenvalue weighted by atomic mass is 10.1. The number of hydrogen-bond donors (Lipinski definition) is 1. The van der Waals surface area contributed by atoms with Crippen LogP contribution in [0.3, 0.4) is 0 Å². The van der Waals surface area contributed by atoms with Crippen LogP contribution in [-0.4, -0.2) is 41.2 Å². The maximum absolute atomic E-state index is 12.2. The molecule has 1 amide bonds. The van der Waals surface area contributed by atoms with E-state index in [1.807, 2.05) is 12.1 Å². The second-order valence-electron chi connectivity index (χ2n) is 5.53. The Hall–Kier alpha value is -1.08. The zero-order valence-electron chi connectivity index (χ0n) is 12.8. The van der Waals surface area contributed by atoms with Gasteiger partial charge in [-0.3, -0.25) is 4.79 Å². The first-order valence-corrected chi connectivity index (χ1v) is 9.62. The van der Waals surface area contributed by atoms with Crippen molar-refractivity contribution in [2.24, 2.45) is 0 Å². The topological polar surface area (TPSA) is 45.2 Å². The van der Waals surface area contributed by atoms with Crippen molar-refractivity contribution in [2.75, 3.05) is 25.5 Å². The van der Waals surface area contributed by atoms with Gasteiger partial charge in [-0.25, -0.2) is 4.98 Å². The van der Waals surface area contributed by atoms with Crippen LogP contribution in [0.25, 0.3) is 0 Å². The van der Waals surface area contributed by atoms with Gasteiger partial charge in [0.1, 0.15) is 10.7 Å². The molecule has 2 aromatic rings. The number of hydrogen-bond acceptors (Lipinski definition) is 5. The zero-order valence-corrected chi connectivity index (χ0v) is 15.2. The van der Waals surface area contributed by atoms with Gasteiger partial charge in [0.05, 0.1) is 10.0 Å². The standard InChI is InChI=1S/C16H18ClN3OS2/c1-20-8-5-11(6-9-20)23-14-4-2-3-13(18-14)19-16(21)15-12(17)7-10-22-15/h2-4,7,10-11H,5-6,8-9H2,1H3,(H,18,19,21). The van der Waals surface area contributed by atoms with Crippen molar-refractivity contribution in [3.63, 3.8) is 0 Å². The summed E-state index contributed by atoms with van der Waals surface area (Å²) in [6.45, 7) is 2.26. The smallest absolute Gasteiger partial charge is 0.268 e. The van der Waals surface area contributed by atoms with Gasteiger partial charge in [0.25, 0.3) is 5.91 Å². The second kappa shape index (κ2) is 7.66. The Bertz CT molecular complexity index is 683. The van der Waals surface area contributed by atoms with E-state index in [4.69, 9.17) is 11.6 Å². The maximum atomic E-state index is 12.2. The molecule has 23 heavy (non-hydrogen) atoms. The van der Waals surface area contributed by atoms with Gasteiger partial charge in [-0.2, -0.15) is 0 Å². The minimum Gasteiger partial charge on any atom is -0.306 e. The number of piperidine rings is 1. The molecule has 1 aliphatic rings. The van der Waals surface area contributed by atoms with E-state index in [2.05, 4.69) is 22.2 Å². The molecule has 0 unspecified atom stereocenters. The molecule has 7 heteroatoms. The fraction of sp³-hybridized carbons (Fsp3) is 0.375. The molecular weight excluding hydrogens is 350 g/mol. The first-order chi connectivity index (χ1) is 11.1. The molecule has 0 aromatic carbocycles. The lowest BCUT2D eigenvalue weighted by Crippen LogP contribution is -2.31. The molecule has 1 fully saturated rings. The van der Waals surface area contributed by atoms with Crippen molar-refractivity contribution in [2.45, 2.75) is 23.1 Å².